The Labute approximate surface area is 126 Å². The van der Waals surface area contributed by atoms with E-state index in [1.807, 2.05) is 0 Å². The minimum Gasteiger partial charge on any atom is -0.277 e. The van der Waals surface area contributed by atoms with Crippen molar-refractivity contribution in [1.29, 1.82) is 0 Å². The predicted molar refractivity (Wildman–Crippen MR) is 87.6 cm³/mol. The summed E-state index contributed by atoms with van der Waals surface area (Å²) in [7, 11) is 0. The van der Waals surface area contributed by atoms with Crippen LogP contribution in [0.15, 0.2) is 10.4 Å². The Hall–Kier alpha value is -0.800. The fourth-order valence-electron chi connectivity index (χ4n) is 1.88. The highest BCUT2D eigenvalue weighted by Crippen LogP contribution is 2.04. The van der Waals surface area contributed by atoms with Crippen molar-refractivity contribution >= 4 is 0 Å². The summed E-state index contributed by atoms with van der Waals surface area (Å²) in [6.07, 6.45) is 9.67. The molecule has 0 heterocycles. The van der Waals surface area contributed by atoms with Gasteiger partial charge < -0.3 is 0 Å². The van der Waals surface area contributed by atoms with E-state index in [1.165, 1.54) is 51.4 Å². The monoisotopic (exact) mass is 284 g/mol. The fraction of sp³-hybridized carbons (Fsp3) is 1.00. The Morgan fingerprint density at radius 1 is 0.500 bits per heavy atom. The van der Waals surface area contributed by atoms with Crippen LogP contribution in [-0.4, -0.2) is 36.2 Å². The van der Waals surface area contributed by atoms with E-state index in [9.17, 15) is 0 Å². The van der Waals surface area contributed by atoms with Gasteiger partial charge in [-0.05, 0) is 25.7 Å². The van der Waals surface area contributed by atoms with E-state index in [0.717, 1.165) is 26.2 Å². The fourth-order valence-corrected chi connectivity index (χ4v) is 1.88. The summed E-state index contributed by atoms with van der Waals surface area (Å²) in [4.78, 5) is 0. The van der Waals surface area contributed by atoms with Gasteiger partial charge in [-0.3, -0.25) is 10.0 Å². The Bertz CT molecular complexity index is 181. The van der Waals surface area contributed by atoms with E-state index >= 15 is 0 Å². The van der Waals surface area contributed by atoms with E-state index in [-0.39, 0.29) is 0 Å². The third-order valence-corrected chi connectivity index (χ3v) is 3.37. The van der Waals surface area contributed by atoms with E-state index in [0.29, 0.717) is 0 Å². The van der Waals surface area contributed by atoms with Gasteiger partial charge in [0.2, 0.25) is 0 Å². The van der Waals surface area contributed by atoms with Crippen LogP contribution in [0.4, 0.5) is 0 Å². The third-order valence-electron chi connectivity index (χ3n) is 3.37. The lowest BCUT2D eigenvalue weighted by Crippen LogP contribution is -2.24. The molecule has 4 nitrogen and oxygen atoms in total. The molecule has 0 rings (SSSR count). The van der Waals surface area contributed by atoms with Gasteiger partial charge in [0, 0.05) is 26.2 Å². The van der Waals surface area contributed by atoms with Gasteiger partial charge in [-0.15, -0.1) is 0 Å². The van der Waals surface area contributed by atoms with E-state index in [1.54, 1.807) is 0 Å². The Morgan fingerprint density at radius 2 is 0.750 bits per heavy atom. The first-order chi connectivity index (χ1) is 9.78. The summed E-state index contributed by atoms with van der Waals surface area (Å²) < 4.78 is 0. The molecular weight excluding hydrogens is 248 g/mol. The van der Waals surface area contributed by atoms with Gasteiger partial charge in [-0.1, -0.05) is 63.8 Å². The maximum atomic E-state index is 4.49. The van der Waals surface area contributed by atoms with Gasteiger partial charge in [-0.25, -0.2) is 0 Å². The van der Waals surface area contributed by atoms with Crippen molar-refractivity contribution in [3.05, 3.63) is 0 Å². The van der Waals surface area contributed by atoms with Crippen LogP contribution in [-0.2, 0) is 0 Å². The largest absolute Gasteiger partial charge is 0.277 e. The molecule has 0 aromatic carbocycles. The normalized spacial score (nSPS) is 11.2. The second kappa shape index (κ2) is 14.6. The average molecular weight is 284 g/mol. The zero-order valence-corrected chi connectivity index (χ0v) is 14.3. The van der Waals surface area contributed by atoms with Gasteiger partial charge >= 0.3 is 0 Å². The van der Waals surface area contributed by atoms with Crippen LogP contribution < -0.4 is 0 Å². The average Bonchev–Trinajstić information content (AvgIpc) is 2.48. The van der Waals surface area contributed by atoms with Crippen LogP contribution in [0, 0.1) is 0 Å². The molecule has 0 radical (unpaired) electrons. The summed E-state index contributed by atoms with van der Waals surface area (Å²) in [5.41, 5.74) is 0. The van der Waals surface area contributed by atoms with Gasteiger partial charge in [0.15, 0.2) is 0 Å². The van der Waals surface area contributed by atoms with Crippen LogP contribution >= 0.6 is 0 Å². The lowest BCUT2D eigenvalue weighted by molar-refractivity contribution is 0.190. The zero-order valence-electron chi connectivity index (χ0n) is 14.3. The van der Waals surface area contributed by atoms with Gasteiger partial charge in [0.1, 0.15) is 0 Å². The first-order valence-electron chi connectivity index (χ1n) is 8.69. The Morgan fingerprint density at radius 3 is 0.950 bits per heavy atom. The van der Waals surface area contributed by atoms with Crippen molar-refractivity contribution in [2.24, 2.45) is 10.4 Å². The van der Waals surface area contributed by atoms with Gasteiger partial charge in [0.25, 0.3) is 0 Å². The highest BCUT2D eigenvalue weighted by atomic mass is 15.7. The molecule has 120 valence electrons. The van der Waals surface area contributed by atoms with Crippen molar-refractivity contribution < 1.29 is 0 Å². The van der Waals surface area contributed by atoms with Crippen molar-refractivity contribution in [3.8, 4) is 0 Å². The van der Waals surface area contributed by atoms with Crippen LogP contribution in [0.25, 0.3) is 0 Å². The highest BCUT2D eigenvalue weighted by Gasteiger charge is 2.03. The minimum atomic E-state index is 1.04. The summed E-state index contributed by atoms with van der Waals surface area (Å²) in [5.74, 6) is 0. The van der Waals surface area contributed by atoms with E-state index in [4.69, 9.17) is 0 Å². The smallest absolute Gasteiger partial charge is 0.0377 e. The lowest BCUT2D eigenvalue weighted by atomic mass is 10.3. The second-order valence-electron chi connectivity index (χ2n) is 5.50. The minimum absolute atomic E-state index is 1.04. The summed E-state index contributed by atoms with van der Waals surface area (Å²) in [6.45, 7) is 13.1. The van der Waals surface area contributed by atoms with Crippen molar-refractivity contribution in [2.45, 2.75) is 79.1 Å². The summed E-state index contributed by atoms with van der Waals surface area (Å²) in [6, 6.07) is 0. The molecule has 0 aliphatic carbocycles. The van der Waals surface area contributed by atoms with Gasteiger partial charge in [-0.2, -0.15) is 0 Å². The van der Waals surface area contributed by atoms with Crippen LogP contribution in [0.2, 0.25) is 0 Å². The molecule has 0 saturated heterocycles. The molecule has 0 fully saturated rings. The highest BCUT2D eigenvalue weighted by molar-refractivity contribution is 4.53. The van der Waals surface area contributed by atoms with Crippen molar-refractivity contribution in [2.75, 3.05) is 26.2 Å². The molecule has 0 aromatic rings. The molecule has 0 atom stereocenters. The van der Waals surface area contributed by atoms with Gasteiger partial charge in [0.05, 0.1) is 0 Å². The number of hydrogen-bond donors (Lipinski definition) is 0. The topological polar surface area (TPSA) is 31.2 Å². The molecule has 4 heteroatoms. The maximum absolute atomic E-state index is 4.49. The molecule has 20 heavy (non-hydrogen) atoms. The Kier molecular flexibility index (Phi) is 14.0. The molecule has 0 spiro atoms. The molecular formula is C16H36N4. The molecule has 0 bridgehead atoms. The van der Waals surface area contributed by atoms with Crippen molar-refractivity contribution in [3.63, 3.8) is 0 Å². The lowest BCUT2D eigenvalue weighted by Gasteiger charge is -2.21. The number of rotatable bonds is 14. The molecule has 0 amide bonds. The molecule has 0 aliphatic heterocycles. The molecule has 0 N–H and O–H groups in total. The van der Waals surface area contributed by atoms with Crippen LogP contribution in [0.1, 0.15) is 79.1 Å². The summed E-state index contributed by atoms with van der Waals surface area (Å²) in [5, 5.41) is 13.3. The standard InChI is InChI=1S/C16H36N4/c1-5-9-13-19(14-10-6-2)17-18-20(15-11-7-3)16-12-8-4/h5-16H2,1-4H3/b18-17+. The second-order valence-corrected chi connectivity index (χ2v) is 5.50. The van der Waals surface area contributed by atoms with E-state index in [2.05, 4.69) is 48.2 Å². The number of hydrogen-bond acceptors (Lipinski definition) is 2. The number of unbranched alkanes of at least 4 members (excludes halogenated alkanes) is 4. The molecule has 0 aromatic heterocycles. The van der Waals surface area contributed by atoms with E-state index < -0.39 is 0 Å². The molecule has 0 saturated carbocycles. The van der Waals surface area contributed by atoms with Crippen LogP contribution in [0.5, 0.6) is 0 Å². The Balaban J connectivity index is 4.30. The quantitative estimate of drug-likeness (QED) is 0.329. The third kappa shape index (κ3) is 11.1. The zero-order chi connectivity index (χ0) is 15.1. The first kappa shape index (κ1) is 19.2. The molecule has 0 aliphatic rings. The number of nitrogens with zero attached hydrogens (tertiary/aromatic N) is 4. The SMILES string of the molecule is CCCCN(CCCC)/N=N/N(CCCC)CCCC. The predicted octanol–water partition coefficient (Wildman–Crippen LogP) is 5.07. The first-order valence-corrected chi connectivity index (χ1v) is 8.69. The van der Waals surface area contributed by atoms with Crippen LogP contribution in [0.3, 0.4) is 0 Å². The summed E-state index contributed by atoms with van der Waals surface area (Å²) >= 11 is 0. The maximum Gasteiger partial charge on any atom is 0.0377 e. The van der Waals surface area contributed by atoms with Crippen molar-refractivity contribution in [1.82, 2.24) is 10.0 Å². The molecule has 0 unspecified atom stereocenters.